The Balaban J connectivity index is 1.37. The number of fused-ring (bicyclic) bond motifs is 7. The first-order chi connectivity index (χ1) is 20.9. The van der Waals surface area contributed by atoms with Crippen molar-refractivity contribution in [3.8, 4) is 0 Å². The molecule has 0 unspecified atom stereocenters. The fourth-order valence-corrected chi connectivity index (χ4v) is 11.9. The summed E-state index contributed by atoms with van der Waals surface area (Å²) in [6.45, 7) is 17.5. The molecule has 15 atom stereocenters. The summed E-state index contributed by atoms with van der Waals surface area (Å²) in [5.74, 6) is 0.0291. The Morgan fingerprint density at radius 1 is 0.956 bits per heavy atom. The molecule has 1 heterocycles. The van der Waals surface area contributed by atoms with Gasteiger partial charge in [-0.05, 0) is 90.8 Å². The van der Waals surface area contributed by atoms with Gasteiger partial charge in [0.25, 0.3) is 0 Å². The van der Waals surface area contributed by atoms with Crippen LogP contribution in [0.1, 0.15) is 92.9 Å². The first-order valence-corrected chi connectivity index (χ1v) is 17.2. The van der Waals surface area contributed by atoms with E-state index in [4.69, 9.17) is 9.47 Å². The fraction of sp³-hybridized carbons (Fsp3) is 0.861. The molecule has 0 aromatic carbocycles. The SMILES string of the molecule is C=C1[C@H]2C3=CC[C@@H]4[C@@]5(C)C[C@@H](O)[C@H](O)C(C)(C)[C@@H]5CC[C@@]4(C)[C@]3(C)CC[C@@]2(C(=O)O[C@@H]2O[C@H](CO)[C@@H](O)[C@H](O)[C@H]2O)CC[C@H]1C. The summed E-state index contributed by atoms with van der Waals surface area (Å²) in [5.41, 5.74) is 0.456. The molecule has 1 aliphatic heterocycles. The zero-order valence-corrected chi connectivity index (χ0v) is 27.9. The van der Waals surface area contributed by atoms with Crippen molar-refractivity contribution in [2.24, 2.45) is 50.7 Å². The van der Waals surface area contributed by atoms with Crippen LogP contribution in [0.15, 0.2) is 23.8 Å². The third-order valence-corrected chi connectivity index (χ3v) is 14.9. The smallest absolute Gasteiger partial charge is 0.315 e. The van der Waals surface area contributed by atoms with Gasteiger partial charge in [-0.15, -0.1) is 0 Å². The predicted molar refractivity (Wildman–Crippen MR) is 166 cm³/mol. The normalized spacial score (nSPS) is 54.1. The van der Waals surface area contributed by atoms with E-state index in [1.165, 1.54) is 5.57 Å². The molecule has 6 aliphatic rings. The highest BCUT2D eigenvalue weighted by atomic mass is 16.7. The van der Waals surface area contributed by atoms with Crippen LogP contribution in [0.3, 0.4) is 0 Å². The van der Waals surface area contributed by atoms with E-state index < -0.39 is 66.3 Å². The molecule has 0 radical (unpaired) electrons. The van der Waals surface area contributed by atoms with Crippen LogP contribution >= 0.6 is 0 Å². The van der Waals surface area contributed by atoms with E-state index in [9.17, 15) is 35.4 Å². The van der Waals surface area contributed by atoms with Gasteiger partial charge in [-0.1, -0.05) is 65.3 Å². The maximum absolute atomic E-state index is 14.4. The third kappa shape index (κ3) is 4.40. The molecule has 0 aromatic heterocycles. The molecule has 4 saturated carbocycles. The van der Waals surface area contributed by atoms with Crippen molar-refractivity contribution in [3.63, 3.8) is 0 Å². The zero-order valence-electron chi connectivity index (χ0n) is 27.9. The van der Waals surface area contributed by atoms with E-state index in [0.717, 1.165) is 37.7 Å². The molecular weight excluding hydrogens is 576 g/mol. The quantitative estimate of drug-likeness (QED) is 0.203. The second kappa shape index (κ2) is 10.8. The molecule has 0 spiro atoms. The number of carbonyl (C=O) groups excluding carboxylic acids is 1. The Morgan fingerprint density at radius 2 is 1.64 bits per heavy atom. The van der Waals surface area contributed by atoms with E-state index >= 15 is 0 Å². The molecule has 6 rings (SSSR count). The molecule has 0 amide bonds. The van der Waals surface area contributed by atoms with E-state index in [1.54, 1.807) is 0 Å². The summed E-state index contributed by atoms with van der Waals surface area (Å²) >= 11 is 0. The van der Waals surface area contributed by atoms with Crippen LogP contribution in [0.4, 0.5) is 0 Å². The Hall–Kier alpha value is -1.33. The standard InChI is InChI=1S/C36H56O9/c1-18-10-13-36(31(43)45-30-28(41)27(40)26(39)22(17-37)44-30)15-14-34(6)20(25(36)19(18)2)8-9-24-33(5)16-21(38)29(42)32(3,4)23(33)11-12-35(24,34)7/h8,18,21-30,37-42H,2,9-17H2,1,3-7H3/t18-,21-,22-,23+,24-,25+,26-,27+,28-,29+,30+,33+,34-,35-,36+/m1/s1. The van der Waals surface area contributed by atoms with Crippen LogP contribution in [0, 0.1) is 50.7 Å². The average molecular weight is 633 g/mol. The zero-order chi connectivity index (χ0) is 33.1. The van der Waals surface area contributed by atoms with Crippen LogP contribution in [0.2, 0.25) is 0 Å². The van der Waals surface area contributed by atoms with Crippen LogP contribution in [-0.2, 0) is 14.3 Å². The van der Waals surface area contributed by atoms with E-state index in [0.29, 0.717) is 25.2 Å². The number of carbonyl (C=O) groups is 1. The lowest BCUT2D eigenvalue weighted by Crippen LogP contribution is -2.67. The molecule has 1 saturated heterocycles. The summed E-state index contributed by atoms with van der Waals surface area (Å²) in [4.78, 5) is 14.4. The summed E-state index contributed by atoms with van der Waals surface area (Å²) in [7, 11) is 0. The largest absolute Gasteiger partial charge is 0.432 e. The summed E-state index contributed by atoms with van der Waals surface area (Å²) in [6.07, 6.45) is -0.568. The summed E-state index contributed by atoms with van der Waals surface area (Å²) < 4.78 is 11.5. The minimum atomic E-state index is -1.65. The van der Waals surface area contributed by atoms with Gasteiger partial charge in [0.05, 0.1) is 24.2 Å². The van der Waals surface area contributed by atoms with Gasteiger partial charge >= 0.3 is 5.97 Å². The van der Waals surface area contributed by atoms with Crippen LogP contribution < -0.4 is 0 Å². The molecule has 5 aliphatic carbocycles. The van der Waals surface area contributed by atoms with Gasteiger partial charge in [-0.2, -0.15) is 0 Å². The van der Waals surface area contributed by atoms with Crippen molar-refractivity contribution in [2.45, 2.75) is 136 Å². The van der Waals surface area contributed by atoms with Crippen molar-refractivity contribution in [3.05, 3.63) is 23.8 Å². The Morgan fingerprint density at radius 3 is 2.31 bits per heavy atom. The number of rotatable bonds is 3. The average Bonchev–Trinajstić information content (AvgIpc) is 2.98. The van der Waals surface area contributed by atoms with Crippen molar-refractivity contribution in [1.29, 1.82) is 0 Å². The highest BCUT2D eigenvalue weighted by Crippen LogP contribution is 2.75. The van der Waals surface area contributed by atoms with Gasteiger partial charge < -0.3 is 40.1 Å². The number of esters is 1. The number of allylic oxidation sites excluding steroid dienone is 3. The van der Waals surface area contributed by atoms with Gasteiger partial charge in [-0.3, -0.25) is 4.79 Å². The molecule has 0 aromatic rings. The van der Waals surface area contributed by atoms with Crippen LogP contribution in [0.25, 0.3) is 0 Å². The Kier molecular flexibility index (Phi) is 8.09. The molecule has 6 N–H and O–H groups in total. The van der Waals surface area contributed by atoms with Gasteiger partial charge in [-0.25, -0.2) is 0 Å². The lowest BCUT2D eigenvalue weighted by atomic mass is 9.33. The molecular formula is C36H56O9. The number of ether oxygens (including phenoxy) is 2. The molecule has 9 heteroatoms. The predicted octanol–water partition coefficient (Wildman–Crippen LogP) is 3.24. The number of aliphatic hydroxyl groups is 6. The van der Waals surface area contributed by atoms with E-state index in [2.05, 4.69) is 54.2 Å². The van der Waals surface area contributed by atoms with E-state index in [1.807, 2.05) is 0 Å². The lowest BCUT2D eigenvalue weighted by Gasteiger charge is -2.71. The van der Waals surface area contributed by atoms with Crippen molar-refractivity contribution < 1.29 is 44.9 Å². The highest BCUT2D eigenvalue weighted by Gasteiger charge is 2.70. The minimum Gasteiger partial charge on any atom is -0.432 e. The van der Waals surface area contributed by atoms with Gasteiger partial charge in [0.1, 0.15) is 24.4 Å². The lowest BCUT2D eigenvalue weighted by molar-refractivity contribution is -0.297. The molecule has 5 fully saturated rings. The maximum atomic E-state index is 14.4. The minimum absolute atomic E-state index is 0.102. The molecule has 9 nitrogen and oxygen atoms in total. The monoisotopic (exact) mass is 632 g/mol. The third-order valence-electron chi connectivity index (χ3n) is 14.9. The van der Waals surface area contributed by atoms with Crippen LogP contribution in [-0.4, -0.2) is 86.1 Å². The number of hydrogen-bond acceptors (Lipinski definition) is 9. The first-order valence-electron chi connectivity index (χ1n) is 17.2. The Labute approximate surface area is 267 Å². The maximum Gasteiger partial charge on any atom is 0.315 e. The van der Waals surface area contributed by atoms with Gasteiger partial charge in [0, 0.05) is 5.92 Å². The molecule has 254 valence electrons. The van der Waals surface area contributed by atoms with Crippen molar-refractivity contribution in [1.82, 2.24) is 0 Å². The number of hydrogen-bond donors (Lipinski definition) is 6. The summed E-state index contributed by atoms with van der Waals surface area (Å²) in [6, 6.07) is 0. The van der Waals surface area contributed by atoms with Gasteiger partial charge in [0.2, 0.25) is 6.29 Å². The number of aliphatic hydroxyl groups excluding tert-OH is 6. The van der Waals surface area contributed by atoms with Crippen molar-refractivity contribution in [2.75, 3.05) is 6.61 Å². The van der Waals surface area contributed by atoms with Gasteiger partial charge in [0.15, 0.2) is 0 Å². The molecule has 0 bridgehead atoms. The topological polar surface area (TPSA) is 157 Å². The first kappa shape index (κ1) is 33.6. The highest BCUT2D eigenvalue weighted by molar-refractivity contribution is 5.80. The Bertz CT molecular complexity index is 1240. The summed E-state index contributed by atoms with van der Waals surface area (Å²) in [5, 5.41) is 63.1. The molecule has 45 heavy (non-hydrogen) atoms. The van der Waals surface area contributed by atoms with E-state index in [-0.39, 0.29) is 34.0 Å². The fourth-order valence-electron chi connectivity index (χ4n) is 11.9. The second-order valence-electron chi connectivity index (χ2n) is 17.0. The van der Waals surface area contributed by atoms with Crippen molar-refractivity contribution >= 4 is 5.97 Å². The second-order valence-corrected chi connectivity index (χ2v) is 17.0. The van der Waals surface area contributed by atoms with Crippen LogP contribution in [0.5, 0.6) is 0 Å².